The maximum absolute atomic E-state index is 11.1. The Morgan fingerprint density at radius 3 is 2.50 bits per heavy atom. The summed E-state index contributed by atoms with van der Waals surface area (Å²) in [4.78, 5) is 35.1. The number of aromatic amines is 2. The molecule has 2 aromatic rings. The lowest BCUT2D eigenvalue weighted by Crippen LogP contribution is -2.29. The van der Waals surface area contributed by atoms with E-state index in [9.17, 15) is 9.59 Å². The Hall–Kier alpha value is -1.83. The van der Waals surface area contributed by atoms with Gasteiger partial charge in [0.1, 0.15) is 5.52 Å². The lowest BCUT2D eigenvalue weighted by Gasteiger charge is -2.04. The van der Waals surface area contributed by atoms with Crippen LogP contribution in [0.25, 0.3) is 11.2 Å². The second kappa shape index (κ2) is 3.97. The quantitative estimate of drug-likeness (QED) is 0.426. The van der Waals surface area contributed by atoms with E-state index in [-0.39, 0.29) is 17.0 Å². The first-order chi connectivity index (χ1) is 7.65. The van der Waals surface area contributed by atoms with Crippen molar-refractivity contribution in [3.05, 3.63) is 20.7 Å². The first-order valence-electron chi connectivity index (χ1n) is 4.28. The van der Waals surface area contributed by atoms with Gasteiger partial charge >= 0.3 is 11.1 Å². The molecule has 2 heterocycles. The minimum atomic E-state index is -0.758. The highest BCUT2D eigenvalue weighted by atomic mass is 32.2. The van der Waals surface area contributed by atoms with Crippen molar-refractivity contribution in [3.8, 4) is 5.88 Å². The van der Waals surface area contributed by atoms with Crippen molar-refractivity contribution < 1.29 is 4.74 Å². The number of thioether (sulfide) groups is 1. The van der Waals surface area contributed by atoms with Crippen molar-refractivity contribution in [1.82, 2.24) is 19.9 Å². The maximum Gasteiger partial charge on any atom is 0.315 e. The van der Waals surface area contributed by atoms with Crippen LogP contribution in [0.2, 0.25) is 0 Å². The number of fused-ring (bicyclic) bond motifs is 1. The molecule has 0 amide bonds. The van der Waals surface area contributed by atoms with Gasteiger partial charge in [0, 0.05) is 0 Å². The lowest BCUT2D eigenvalue weighted by atomic mass is 10.5. The van der Waals surface area contributed by atoms with Crippen LogP contribution in [0.1, 0.15) is 0 Å². The molecule has 0 spiro atoms. The van der Waals surface area contributed by atoms with Gasteiger partial charge in [-0.2, -0.15) is 4.98 Å². The van der Waals surface area contributed by atoms with Gasteiger partial charge in [-0.1, -0.05) is 11.8 Å². The molecule has 0 unspecified atom stereocenters. The first kappa shape index (κ1) is 10.7. The molecule has 7 nitrogen and oxygen atoms in total. The van der Waals surface area contributed by atoms with Gasteiger partial charge in [0.2, 0.25) is 5.88 Å². The number of nitrogens with one attached hydrogen (secondary N) is 2. The van der Waals surface area contributed by atoms with Gasteiger partial charge in [-0.05, 0) is 6.26 Å². The normalized spacial score (nSPS) is 10.6. The van der Waals surface area contributed by atoms with E-state index in [1.807, 2.05) is 0 Å². The number of H-pyrrole nitrogens is 2. The summed E-state index contributed by atoms with van der Waals surface area (Å²) in [6, 6.07) is 0. The molecular formula is C8H8N4O3S. The van der Waals surface area contributed by atoms with E-state index in [4.69, 9.17) is 4.74 Å². The molecule has 2 aromatic heterocycles. The number of ether oxygens (including phenoxy) is 1. The number of hydrogen-bond donors (Lipinski definition) is 2. The van der Waals surface area contributed by atoms with E-state index in [1.165, 1.54) is 18.9 Å². The van der Waals surface area contributed by atoms with Crippen LogP contribution in [0.15, 0.2) is 14.7 Å². The molecule has 0 aliphatic carbocycles. The Kier molecular flexibility index (Phi) is 2.65. The smallest absolute Gasteiger partial charge is 0.315 e. The van der Waals surface area contributed by atoms with E-state index >= 15 is 0 Å². The van der Waals surface area contributed by atoms with E-state index < -0.39 is 11.1 Å². The summed E-state index contributed by atoms with van der Waals surface area (Å²) in [5.74, 6) is 0.225. The van der Waals surface area contributed by atoms with Crippen LogP contribution in [0.5, 0.6) is 5.88 Å². The Morgan fingerprint density at radius 1 is 1.19 bits per heavy atom. The standard InChI is InChI=1S/C8H8N4O3S/c1-15-7-3-4(11-8(12-7)16-2)10-6(14)5(13)9-3/h1-2H3,(H,9,13)(H,10,11,12,14). The van der Waals surface area contributed by atoms with Crippen molar-refractivity contribution in [2.75, 3.05) is 13.4 Å². The molecule has 0 fully saturated rings. The summed E-state index contributed by atoms with van der Waals surface area (Å²) in [6.07, 6.45) is 1.80. The predicted molar refractivity (Wildman–Crippen MR) is 59.1 cm³/mol. The van der Waals surface area contributed by atoms with Gasteiger partial charge in [0.25, 0.3) is 0 Å². The van der Waals surface area contributed by atoms with Crippen LogP contribution in [-0.2, 0) is 0 Å². The average molecular weight is 240 g/mol. The Labute approximate surface area is 93.3 Å². The average Bonchev–Trinajstić information content (AvgIpc) is 2.29. The molecule has 0 aliphatic heterocycles. The zero-order valence-electron chi connectivity index (χ0n) is 8.53. The Bertz CT molecular complexity index is 648. The third-order valence-electron chi connectivity index (χ3n) is 1.91. The Balaban J connectivity index is 2.90. The maximum atomic E-state index is 11.1. The van der Waals surface area contributed by atoms with Crippen LogP contribution in [0.3, 0.4) is 0 Å². The van der Waals surface area contributed by atoms with Crippen molar-refractivity contribution in [2.24, 2.45) is 0 Å². The summed E-state index contributed by atoms with van der Waals surface area (Å²) in [6.45, 7) is 0. The van der Waals surface area contributed by atoms with Crippen molar-refractivity contribution in [1.29, 1.82) is 0 Å². The van der Waals surface area contributed by atoms with Crippen LogP contribution >= 0.6 is 11.8 Å². The third kappa shape index (κ3) is 1.67. The van der Waals surface area contributed by atoms with E-state index in [2.05, 4.69) is 19.9 Å². The molecule has 84 valence electrons. The van der Waals surface area contributed by atoms with Crippen molar-refractivity contribution >= 4 is 22.9 Å². The lowest BCUT2D eigenvalue weighted by molar-refractivity contribution is 0.397. The zero-order chi connectivity index (χ0) is 11.7. The SMILES string of the molecule is COc1nc(SC)nc2[nH]c(=O)c(=O)[nH]c12. The number of nitrogens with zero attached hydrogens (tertiary/aromatic N) is 2. The fraction of sp³-hybridized carbons (Fsp3) is 0.250. The highest BCUT2D eigenvalue weighted by Gasteiger charge is 2.10. The van der Waals surface area contributed by atoms with Crippen LogP contribution < -0.4 is 15.9 Å². The van der Waals surface area contributed by atoms with Crippen LogP contribution in [0.4, 0.5) is 0 Å². The first-order valence-corrected chi connectivity index (χ1v) is 5.50. The van der Waals surface area contributed by atoms with Crippen LogP contribution in [-0.4, -0.2) is 33.3 Å². The van der Waals surface area contributed by atoms with Gasteiger partial charge < -0.3 is 14.7 Å². The molecule has 16 heavy (non-hydrogen) atoms. The minimum Gasteiger partial charge on any atom is -0.479 e. The summed E-state index contributed by atoms with van der Waals surface area (Å²) >= 11 is 1.31. The molecule has 8 heteroatoms. The van der Waals surface area contributed by atoms with Gasteiger partial charge in [-0.15, -0.1) is 0 Å². The topological polar surface area (TPSA) is 101 Å². The van der Waals surface area contributed by atoms with E-state index in [0.29, 0.717) is 5.16 Å². The predicted octanol–water partition coefficient (Wildman–Crippen LogP) is -0.263. The largest absolute Gasteiger partial charge is 0.479 e. The third-order valence-corrected chi connectivity index (χ3v) is 2.46. The number of rotatable bonds is 2. The molecule has 2 N–H and O–H groups in total. The van der Waals surface area contributed by atoms with Gasteiger partial charge in [0.15, 0.2) is 10.8 Å². The second-order valence-corrected chi connectivity index (χ2v) is 3.62. The molecule has 0 aromatic carbocycles. The molecular weight excluding hydrogens is 232 g/mol. The van der Waals surface area contributed by atoms with E-state index in [0.717, 1.165) is 0 Å². The van der Waals surface area contributed by atoms with Crippen molar-refractivity contribution in [2.45, 2.75) is 5.16 Å². The number of hydrogen-bond acceptors (Lipinski definition) is 6. The van der Waals surface area contributed by atoms with Gasteiger partial charge in [-0.3, -0.25) is 9.59 Å². The summed E-state index contributed by atoms with van der Waals surface area (Å²) in [7, 11) is 1.43. The number of methoxy groups -OCH3 is 1. The number of aromatic nitrogens is 4. The fourth-order valence-corrected chi connectivity index (χ4v) is 1.55. The molecule has 0 atom stereocenters. The zero-order valence-corrected chi connectivity index (χ0v) is 9.34. The van der Waals surface area contributed by atoms with Gasteiger partial charge in [-0.25, -0.2) is 4.98 Å². The molecule has 0 bridgehead atoms. The molecule has 0 aliphatic rings. The Morgan fingerprint density at radius 2 is 1.88 bits per heavy atom. The summed E-state index contributed by atoms with van der Waals surface area (Å²) < 4.78 is 5.01. The summed E-state index contributed by atoms with van der Waals surface area (Å²) in [5.41, 5.74) is -0.975. The van der Waals surface area contributed by atoms with Crippen LogP contribution in [0, 0.1) is 0 Å². The second-order valence-electron chi connectivity index (χ2n) is 2.85. The minimum absolute atomic E-state index is 0.225. The highest BCUT2D eigenvalue weighted by molar-refractivity contribution is 7.98. The fourth-order valence-electron chi connectivity index (χ4n) is 1.20. The van der Waals surface area contributed by atoms with Gasteiger partial charge in [0.05, 0.1) is 7.11 Å². The van der Waals surface area contributed by atoms with Crippen molar-refractivity contribution in [3.63, 3.8) is 0 Å². The molecule has 2 rings (SSSR count). The molecule has 0 saturated heterocycles. The molecule has 0 saturated carbocycles. The molecule has 0 radical (unpaired) electrons. The summed E-state index contributed by atoms with van der Waals surface area (Å²) in [5, 5.41) is 0.451. The van der Waals surface area contributed by atoms with E-state index in [1.54, 1.807) is 6.26 Å². The highest BCUT2D eigenvalue weighted by Crippen LogP contribution is 2.20. The monoisotopic (exact) mass is 240 g/mol.